The summed E-state index contributed by atoms with van der Waals surface area (Å²) < 4.78 is 28.6. The fourth-order valence-corrected chi connectivity index (χ4v) is 9.10. The summed E-state index contributed by atoms with van der Waals surface area (Å²) >= 11 is 0. The maximum absolute atomic E-state index is 14.3. The van der Waals surface area contributed by atoms with Gasteiger partial charge in [-0.3, -0.25) is 33.6 Å². The number of aryl methyl sites for hydroxylation is 1. The highest BCUT2D eigenvalue weighted by molar-refractivity contribution is 6.38. The maximum Gasteiger partial charge on any atom is 0.330 e. The third-order valence-corrected chi connectivity index (χ3v) is 13.8. The Balaban J connectivity index is 1.43. The Labute approximate surface area is 457 Å². The zero-order valence-electron chi connectivity index (χ0n) is 46.4. The highest BCUT2D eigenvalue weighted by Gasteiger charge is 2.43. The van der Waals surface area contributed by atoms with Gasteiger partial charge in [0.05, 0.1) is 26.2 Å². The lowest BCUT2D eigenvalue weighted by Gasteiger charge is -2.36. The molecule has 3 aromatic carbocycles. The van der Waals surface area contributed by atoms with Crippen LogP contribution >= 0.6 is 0 Å². The number of hydrogen-bond donors (Lipinski definition) is 2. The lowest BCUT2D eigenvalue weighted by Crippen LogP contribution is -2.57. The van der Waals surface area contributed by atoms with Gasteiger partial charge in [-0.2, -0.15) is 0 Å². The molecular weight excluding hydrogens is 1000 g/mol. The average molecular weight is 1080 g/mol. The second-order valence-corrected chi connectivity index (χ2v) is 20.3. The molecule has 422 valence electrons. The maximum atomic E-state index is 14.3. The summed E-state index contributed by atoms with van der Waals surface area (Å²) in [5.41, 5.74) is 0.605. The molecule has 2 aliphatic rings. The summed E-state index contributed by atoms with van der Waals surface area (Å²) in [7, 11) is 7.47. The lowest BCUT2D eigenvalue weighted by molar-refractivity contribution is -0.165. The molecule has 0 unspecified atom stereocenters. The van der Waals surface area contributed by atoms with Crippen LogP contribution in [0.3, 0.4) is 0 Å². The van der Waals surface area contributed by atoms with E-state index in [-0.39, 0.29) is 50.9 Å². The zero-order chi connectivity index (χ0) is 57.1. The normalized spacial score (nSPS) is 22.9. The Morgan fingerprint density at radius 3 is 2.19 bits per heavy atom. The van der Waals surface area contributed by atoms with Crippen molar-refractivity contribution in [2.45, 2.75) is 116 Å². The van der Waals surface area contributed by atoms with Crippen LogP contribution < -0.4 is 24.8 Å². The van der Waals surface area contributed by atoms with Crippen LogP contribution in [0, 0.1) is 5.41 Å². The zero-order valence-corrected chi connectivity index (χ0v) is 46.4. The van der Waals surface area contributed by atoms with Crippen LogP contribution in [0.25, 0.3) is 0 Å². The third-order valence-electron chi connectivity index (χ3n) is 13.8. The highest BCUT2D eigenvalue weighted by atomic mass is 16.5. The molecule has 1 fully saturated rings. The molecule has 0 aromatic heterocycles. The number of likely N-dealkylation sites (N-methyl/N-ethyl adjacent to an activating group) is 3. The van der Waals surface area contributed by atoms with Gasteiger partial charge in [0, 0.05) is 46.7 Å². The summed E-state index contributed by atoms with van der Waals surface area (Å²) in [5, 5.41) is 5.50. The Hall–Kier alpha value is -7.77. The molecule has 20 nitrogen and oxygen atoms in total. The van der Waals surface area contributed by atoms with E-state index in [1.54, 1.807) is 49.5 Å². The fraction of sp³-hybridized carbons (Fsp3) is 0.500. The summed E-state index contributed by atoms with van der Waals surface area (Å²) in [5.74, 6) is -4.82. The quantitative estimate of drug-likeness (QED) is 0.221. The first kappa shape index (κ1) is 61.1. The molecule has 5 rings (SSSR count). The van der Waals surface area contributed by atoms with Crippen LogP contribution in [-0.4, -0.2) is 165 Å². The summed E-state index contributed by atoms with van der Waals surface area (Å²) in [4.78, 5) is 129. The van der Waals surface area contributed by atoms with Gasteiger partial charge >= 0.3 is 11.9 Å². The van der Waals surface area contributed by atoms with Crippen molar-refractivity contribution < 1.29 is 66.8 Å². The molecule has 3 aromatic rings. The van der Waals surface area contributed by atoms with E-state index >= 15 is 0 Å². The van der Waals surface area contributed by atoms with Gasteiger partial charge in [-0.25, -0.2) is 9.59 Å². The first-order valence-corrected chi connectivity index (χ1v) is 26.4. The summed E-state index contributed by atoms with van der Waals surface area (Å²) in [6.07, 6.45) is 4.87. The van der Waals surface area contributed by atoms with E-state index in [1.165, 1.54) is 75.9 Å². The molecule has 2 bridgehead atoms. The number of rotatable bonds is 9. The molecule has 0 aliphatic carbocycles. The number of ketones is 1. The SMILES string of the molecule is CCC[C@@H]1NC(=O)[C@H](Cc2ccccc2)N(C)C(=O)[C@@H](C)NC(=O)CN(C)C(=O)COc2cccc(c2)[C@@H](CCc2ccc(OC)c(OC)c2)OC(=O)[C@@H]2CCCCN2C(=O)C(=O)C(C)(C)COC(=O)/C=C\CCN(C)C1=O. The second-order valence-electron chi connectivity index (χ2n) is 20.3. The first-order chi connectivity index (χ1) is 37.2. The number of hydrogen-bond acceptors (Lipinski definition) is 14. The summed E-state index contributed by atoms with van der Waals surface area (Å²) in [6, 6.07) is 16.8. The number of amides is 6. The lowest BCUT2D eigenvalue weighted by atomic mass is 9.87. The number of benzene rings is 3. The van der Waals surface area contributed by atoms with Gasteiger partial charge in [-0.15, -0.1) is 0 Å². The number of esters is 2. The molecular formula is C58H76N6O14. The number of nitrogens with one attached hydrogen (secondary N) is 2. The van der Waals surface area contributed by atoms with Crippen molar-refractivity contribution in [3.8, 4) is 17.2 Å². The number of carbonyl (C=O) groups excluding carboxylic acids is 9. The summed E-state index contributed by atoms with van der Waals surface area (Å²) in [6.45, 7) is 5.17. The van der Waals surface area contributed by atoms with E-state index in [9.17, 15) is 43.2 Å². The Kier molecular flexibility index (Phi) is 22.8. The van der Waals surface area contributed by atoms with Gasteiger partial charge < -0.3 is 53.9 Å². The molecule has 20 heteroatoms. The number of carbonyl (C=O) groups is 9. The van der Waals surface area contributed by atoms with E-state index in [4.69, 9.17) is 23.7 Å². The van der Waals surface area contributed by atoms with Crippen LogP contribution in [0.2, 0.25) is 0 Å². The second kappa shape index (κ2) is 29.1. The van der Waals surface area contributed by atoms with E-state index in [0.29, 0.717) is 42.7 Å². The third kappa shape index (κ3) is 17.1. The van der Waals surface area contributed by atoms with Gasteiger partial charge in [0.25, 0.3) is 11.8 Å². The minimum Gasteiger partial charge on any atom is -0.493 e. The predicted octanol–water partition coefficient (Wildman–Crippen LogP) is 4.56. The van der Waals surface area contributed by atoms with Crippen LogP contribution in [0.1, 0.15) is 95.4 Å². The van der Waals surface area contributed by atoms with Crippen LogP contribution in [0.5, 0.6) is 17.2 Å². The number of fused-ring (bicyclic) bond motifs is 3. The molecule has 2 aliphatic heterocycles. The van der Waals surface area contributed by atoms with Crippen LogP contribution in [-0.2, 0) is 65.5 Å². The molecule has 6 amide bonds. The predicted molar refractivity (Wildman–Crippen MR) is 288 cm³/mol. The van der Waals surface area contributed by atoms with Crippen LogP contribution in [0.4, 0.5) is 0 Å². The van der Waals surface area contributed by atoms with Crippen molar-refractivity contribution in [2.24, 2.45) is 5.41 Å². The minimum atomic E-state index is -1.49. The number of piperidine rings is 1. The highest BCUT2D eigenvalue weighted by Crippen LogP contribution is 2.33. The van der Waals surface area contributed by atoms with Gasteiger partial charge in [0.2, 0.25) is 29.4 Å². The van der Waals surface area contributed by atoms with Gasteiger partial charge in [0.15, 0.2) is 18.1 Å². The topological polar surface area (TPSA) is 237 Å². The monoisotopic (exact) mass is 1080 g/mol. The number of ether oxygens (including phenoxy) is 5. The number of Topliss-reactive ketones (excluding diaryl/α,β-unsaturated/α-hetero) is 1. The Bertz CT molecular complexity index is 2640. The van der Waals surface area contributed by atoms with Crippen molar-refractivity contribution in [3.05, 3.63) is 102 Å². The van der Waals surface area contributed by atoms with Gasteiger partial charge in [-0.1, -0.05) is 68.0 Å². The van der Waals surface area contributed by atoms with Crippen molar-refractivity contribution in [1.29, 1.82) is 0 Å². The van der Waals surface area contributed by atoms with Crippen LogP contribution in [0.15, 0.2) is 84.9 Å². The smallest absolute Gasteiger partial charge is 0.330 e. The molecule has 0 spiro atoms. The Morgan fingerprint density at radius 2 is 1.49 bits per heavy atom. The van der Waals surface area contributed by atoms with Crippen molar-refractivity contribution in [2.75, 3.05) is 68.2 Å². The molecule has 78 heavy (non-hydrogen) atoms. The number of nitrogens with zero attached hydrogens (tertiary/aromatic N) is 4. The molecule has 2 N–H and O–H groups in total. The average Bonchev–Trinajstić information content (AvgIpc) is 3.44. The molecule has 0 saturated carbocycles. The van der Waals surface area contributed by atoms with Gasteiger partial charge in [-0.05, 0) is 107 Å². The molecule has 5 atom stereocenters. The Morgan fingerprint density at radius 1 is 0.756 bits per heavy atom. The standard InChI is InChI=1S/C58H76N6O14/c1-10-19-43-55(71)61(5)30-16-15-25-51(67)77-37-58(3,4)52(68)56(72)64-31-17-14-24-44(64)57(73)78-46(28-26-40-27-29-47(74-8)48(33-40)75-9)41-22-18-23-42(34-41)76-36-50(66)62(6)35-49(65)59-38(2)54(70)63(7)45(53(69)60-43)32-39-20-12-11-13-21-39/h11-13,15,18,20-23,25,27,29,33-34,38,43-46H,10,14,16-17,19,24,26,28,30-32,35-37H2,1-9H3,(H,59,65)(H,60,69)/b25-15-/t38-,43+,44+,45+,46-/m1/s1. The van der Waals surface area contributed by atoms with Crippen molar-refractivity contribution in [3.63, 3.8) is 0 Å². The van der Waals surface area contributed by atoms with Crippen molar-refractivity contribution >= 4 is 53.2 Å². The van der Waals surface area contributed by atoms with E-state index < -0.39 is 109 Å². The molecule has 0 radical (unpaired) electrons. The van der Waals surface area contributed by atoms with E-state index in [0.717, 1.165) is 16.0 Å². The first-order valence-electron chi connectivity index (χ1n) is 26.4. The largest absolute Gasteiger partial charge is 0.493 e. The minimum absolute atomic E-state index is 0.0885. The van der Waals surface area contributed by atoms with Crippen molar-refractivity contribution in [1.82, 2.24) is 30.2 Å². The fourth-order valence-electron chi connectivity index (χ4n) is 9.10. The van der Waals surface area contributed by atoms with Gasteiger partial charge in [0.1, 0.15) is 42.6 Å². The van der Waals surface area contributed by atoms with E-state index in [1.807, 2.05) is 37.3 Å². The number of methoxy groups -OCH3 is 2. The number of cyclic esters (lactones) is 2. The molecule has 2 heterocycles. The molecule has 1 saturated heterocycles. The van der Waals surface area contributed by atoms with E-state index in [2.05, 4.69) is 10.6 Å².